The number of rotatable bonds is 5. The van der Waals surface area contributed by atoms with Gasteiger partial charge in [-0.3, -0.25) is 4.90 Å². The van der Waals surface area contributed by atoms with Crippen LogP contribution in [0.1, 0.15) is 5.56 Å². The SMILES string of the molecule is Cc1ccccc1OCC(O)CN1CCOCC1. The van der Waals surface area contributed by atoms with Crippen LogP contribution in [-0.4, -0.2) is 55.6 Å². The Bertz CT molecular complexity index is 364. The first-order valence-corrected chi connectivity index (χ1v) is 6.42. The van der Waals surface area contributed by atoms with Crippen LogP contribution in [0.3, 0.4) is 0 Å². The van der Waals surface area contributed by atoms with Crippen LogP contribution >= 0.6 is 0 Å². The van der Waals surface area contributed by atoms with E-state index in [0.717, 1.165) is 37.6 Å². The minimum atomic E-state index is -0.456. The predicted molar refractivity (Wildman–Crippen MR) is 69.9 cm³/mol. The van der Waals surface area contributed by atoms with Crippen molar-refractivity contribution in [2.75, 3.05) is 39.5 Å². The first kappa shape index (κ1) is 13.3. The average molecular weight is 251 g/mol. The van der Waals surface area contributed by atoms with E-state index in [1.807, 2.05) is 31.2 Å². The number of benzene rings is 1. The maximum Gasteiger partial charge on any atom is 0.122 e. The third-order valence-electron chi connectivity index (χ3n) is 3.10. The van der Waals surface area contributed by atoms with Crippen molar-refractivity contribution in [1.82, 2.24) is 4.90 Å². The van der Waals surface area contributed by atoms with Crippen molar-refractivity contribution < 1.29 is 14.6 Å². The Hall–Kier alpha value is -1.10. The molecule has 0 bridgehead atoms. The molecule has 100 valence electrons. The monoisotopic (exact) mass is 251 g/mol. The van der Waals surface area contributed by atoms with Gasteiger partial charge < -0.3 is 14.6 Å². The zero-order chi connectivity index (χ0) is 12.8. The molecule has 1 aliphatic rings. The van der Waals surface area contributed by atoms with Crippen molar-refractivity contribution in [2.45, 2.75) is 13.0 Å². The van der Waals surface area contributed by atoms with E-state index in [-0.39, 0.29) is 0 Å². The van der Waals surface area contributed by atoms with Crippen LogP contribution < -0.4 is 4.74 Å². The van der Waals surface area contributed by atoms with Crippen molar-refractivity contribution >= 4 is 0 Å². The molecule has 2 rings (SSSR count). The maximum atomic E-state index is 9.95. The molecule has 1 fully saturated rings. The number of hydrogen-bond acceptors (Lipinski definition) is 4. The molecule has 0 amide bonds. The van der Waals surface area contributed by atoms with Crippen LogP contribution in [0.5, 0.6) is 5.75 Å². The van der Waals surface area contributed by atoms with Gasteiger partial charge in [-0.25, -0.2) is 0 Å². The highest BCUT2D eigenvalue weighted by molar-refractivity contribution is 5.31. The highest BCUT2D eigenvalue weighted by Gasteiger charge is 2.15. The molecule has 1 atom stereocenters. The van der Waals surface area contributed by atoms with Gasteiger partial charge in [-0.2, -0.15) is 0 Å². The highest BCUT2D eigenvalue weighted by atomic mass is 16.5. The van der Waals surface area contributed by atoms with Gasteiger partial charge in [0.05, 0.1) is 13.2 Å². The maximum absolute atomic E-state index is 9.95. The molecule has 1 aromatic carbocycles. The molecule has 0 aliphatic carbocycles. The Morgan fingerprint density at radius 3 is 2.78 bits per heavy atom. The quantitative estimate of drug-likeness (QED) is 0.850. The first-order chi connectivity index (χ1) is 8.75. The Balaban J connectivity index is 1.74. The van der Waals surface area contributed by atoms with E-state index in [1.165, 1.54) is 0 Å². The molecule has 1 unspecified atom stereocenters. The van der Waals surface area contributed by atoms with Gasteiger partial charge >= 0.3 is 0 Å². The van der Waals surface area contributed by atoms with Crippen LogP contribution in [0, 0.1) is 6.92 Å². The molecule has 18 heavy (non-hydrogen) atoms. The van der Waals surface area contributed by atoms with E-state index in [1.54, 1.807) is 0 Å². The molecule has 0 spiro atoms. The second kappa shape index (κ2) is 6.73. The van der Waals surface area contributed by atoms with E-state index in [0.29, 0.717) is 13.2 Å². The van der Waals surface area contributed by atoms with Crippen LogP contribution in [0.4, 0.5) is 0 Å². The largest absolute Gasteiger partial charge is 0.491 e. The summed E-state index contributed by atoms with van der Waals surface area (Å²) in [4.78, 5) is 2.20. The van der Waals surface area contributed by atoms with Crippen LogP contribution in [0.15, 0.2) is 24.3 Å². The standard InChI is InChI=1S/C14H21NO3/c1-12-4-2-3-5-14(12)18-11-13(16)10-15-6-8-17-9-7-15/h2-5,13,16H,6-11H2,1H3. The molecule has 0 radical (unpaired) electrons. The topological polar surface area (TPSA) is 41.9 Å². The number of β-amino-alcohol motifs (C(OH)–C–C–N with tert-alkyl or cyclic N) is 1. The smallest absolute Gasteiger partial charge is 0.122 e. The number of hydrogen-bond donors (Lipinski definition) is 1. The van der Waals surface area contributed by atoms with Gasteiger partial charge in [0.15, 0.2) is 0 Å². The van der Waals surface area contributed by atoms with Gasteiger partial charge in [0.25, 0.3) is 0 Å². The fourth-order valence-electron chi connectivity index (χ4n) is 2.04. The number of ether oxygens (including phenoxy) is 2. The lowest BCUT2D eigenvalue weighted by Gasteiger charge is -2.28. The summed E-state index contributed by atoms with van der Waals surface area (Å²) in [5.74, 6) is 0.846. The molecular formula is C14H21NO3. The minimum Gasteiger partial charge on any atom is -0.491 e. The molecule has 1 aromatic rings. The zero-order valence-corrected chi connectivity index (χ0v) is 10.8. The third kappa shape index (κ3) is 3.98. The van der Waals surface area contributed by atoms with E-state index in [9.17, 15) is 5.11 Å². The van der Waals surface area contributed by atoms with Gasteiger partial charge in [0, 0.05) is 19.6 Å². The van der Waals surface area contributed by atoms with Gasteiger partial charge in [-0.05, 0) is 18.6 Å². The van der Waals surface area contributed by atoms with Crippen molar-refractivity contribution in [1.29, 1.82) is 0 Å². The van der Waals surface area contributed by atoms with Crippen molar-refractivity contribution in [3.05, 3.63) is 29.8 Å². The van der Waals surface area contributed by atoms with Gasteiger partial charge in [0.2, 0.25) is 0 Å². The van der Waals surface area contributed by atoms with Crippen LogP contribution in [0.2, 0.25) is 0 Å². The van der Waals surface area contributed by atoms with Gasteiger partial charge in [-0.1, -0.05) is 18.2 Å². The number of nitrogens with zero attached hydrogens (tertiary/aromatic N) is 1. The lowest BCUT2D eigenvalue weighted by Crippen LogP contribution is -2.42. The summed E-state index contributed by atoms with van der Waals surface area (Å²) in [5, 5.41) is 9.95. The third-order valence-corrected chi connectivity index (χ3v) is 3.10. The van der Waals surface area contributed by atoms with Gasteiger partial charge in [-0.15, -0.1) is 0 Å². The Morgan fingerprint density at radius 1 is 1.33 bits per heavy atom. The summed E-state index contributed by atoms with van der Waals surface area (Å²) in [5.41, 5.74) is 1.09. The number of aryl methyl sites for hydroxylation is 1. The molecule has 4 heteroatoms. The number of aliphatic hydroxyl groups excluding tert-OH is 1. The summed E-state index contributed by atoms with van der Waals surface area (Å²) in [6.45, 7) is 6.28. The minimum absolute atomic E-state index is 0.336. The van der Waals surface area contributed by atoms with Crippen molar-refractivity contribution in [2.24, 2.45) is 0 Å². The van der Waals surface area contributed by atoms with E-state index < -0.39 is 6.10 Å². The molecule has 0 saturated carbocycles. The number of morpholine rings is 1. The summed E-state index contributed by atoms with van der Waals surface area (Å²) in [6, 6.07) is 7.85. The molecule has 0 aromatic heterocycles. The van der Waals surface area contributed by atoms with E-state index in [2.05, 4.69) is 4.90 Å². The normalized spacial score (nSPS) is 18.6. The van der Waals surface area contributed by atoms with Gasteiger partial charge in [0.1, 0.15) is 18.5 Å². The fraction of sp³-hybridized carbons (Fsp3) is 0.571. The molecule has 1 saturated heterocycles. The van der Waals surface area contributed by atoms with E-state index >= 15 is 0 Å². The molecule has 1 N–H and O–H groups in total. The highest BCUT2D eigenvalue weighted by Crippen LogP contribution is 2.16. The second-order valence-corrected chi connectivity index (χ2v) is 4.64. The zero-order valence-electron chi connectivity index (χ0n) is 10.8. The fourth-order valence-corrected chi connectivity index (χ4v) is 2.04. The van der Waals surface area contributed by atoms with E-state index in [4.69, 9.17) is 9.47 Å². The number of aliphatic hydroxyl groups is 1. The molecule has 1 aliphatic heterocycles. The Morgan fingerprint density at radius 2 is 2.06 bits per heavy atom. The van der Waals surface area contributed by atoms with Crippen LogP contribution in [0.25, 0.3) is 0 Å². The number of para-hydroxylation sites is 1. The summed E-state index contributed by atoms with van der Waals surface area (Å²) in [7, 11) is 0. The average Bonchev–Trinajstić information content (AvgIpc) is 2.39. The summed E-state index contributed by atoms with van der Waals surface area (Å²) < 4.78 is 10.9. The lowest BCUT2D eigenvalue weighted by molar-refractivity contribution is 0.00460. The van der Waals surface area contributed by atoms with Crippen molar-refractivity contribution in [3.8, 4) is 5.75 Å². The summed E-state index contributed by atoms with van der Waals surface area (Å²) >= 11 is 0. The molecule has 1 heterocycles. The summed E-state index contributed by atoms with van der Waals surface area (Å²) in [6.07, 6.45) is -0.456. The first-order valence-electron chi connectivity index (χ1n) is 6.42. The Kier molecular flexibility index (Phi) is 4.99. The molecular weight excluding hydrogens is 230 g/mol. The lowest BCUT2D eigenvalue weighted by atomic mass is 10.2. The molecule has 4 nitrogen and oxygen atoms in total. The predicted octanol–water partition coefficient (Wildman–Crippen LogP) is 1.07. The van der Waals surface area contributed by atoms with Crippen molar-refractivity contribution in [3.63, 3.8) is 0 Å². The second-order valence-electron chi connectivity index (χ2n) is 4.64. The Labute approximate surface area is 108 Å². The van der Waals surface area contributed by atoms with Crippen LogP contribution in [-0.2, 0) is 4.74 Å².